The van der Waals surface area contributed by atoms with Crippen LogP contribution in [0.1, 0.15) is 17.2 Å². The van der Waals surface area contributed by atoms with Crippen LogP contribution in [0.4, 0.5) is 8.78 Å². The number of hydrogen-bond acceptors (Lipinski definition) is 3. The summed E-state index contributed by atoms with van der Waals surface area (Å²) in [4.78, 5) is 0. The zero-order valence-corrected chi connectivity index (χ0v) is 12.1. The lowest BCUT2D eigenvalue weighted by atomic mass is 10.00. The molecule has 0 aliphatic carbocycles. The molecule has 1 N–H and O–H groups in total. The molecule has 21 heavy (non-hydrogen) atoms. The number of rotatable bonds is 4. The molecule has 0 radical (unpaired) electrons. The van der Waals surface area contributed by atoms with E-state index in [4.69, 9.17) is 21.1 Å². The molecular formula is C15H13ClF2O3. The van der Waals surface area contributed by atoms with Crippen molar-refractivity contribution < 1.29 is 23.4 Å². The second kappa shape index (κ2) is 6.28. The zero-order chi connectivity index (χ0) is 15.6. The highest BCUT2D eigenvalue weighted by Crippen LogP contribution is 2.41. The number of methoxy groups -OCH3 is 2. The van der Waals surface area contributed by atoms with Crippen LogP contribution in [0.3, 0.4) is 0 Å². The fourth-order valence-corrected chi connectivity index (χ4v) is 2.37. The minimum Gasteiger partial charge on any atom is -0.495 e. The Morgan fingerprint density at radius 3 is 2.19 bits per heavy atom. The predicted molar refractivity (Wildman–Crippen MR) is 75.0 cm³/mol. The first-order chi connectivity index (χ1) is 9.97. The van der Waals surface area contributed by atoms with Gasteiger partial charge in [-0.25, -0.2) is 8.78 Å². The standard InChI is InChI=1S/C15H13ClF2O3/c1-20-12-4-3-11(15(21-2)13(12)16)14(19)8-5-9(17)7-10(18)6-8/h3-7,14,19H,1-2H3. The first-order valence-corrected chi connectivity index (χ1v) is 6.40. The molecule has 2 aromatic rings. The second-order valence-corrected chi connectivity index (χ2v) is 4.69. The Morgan fingerprint density at radius 1 is 1.05 bits per heavy atom. The second-order valence-electron chi connectivity index (χ2n) is 4.31. The van der Waals surface area contributed by atoms with E-state index < -0.39 is 17.7 Å². The summed E-state index contributed by atoms with van der Waals surface area (Å²) in [5, 5.41) is 10.5. The van der Waals surface area contributed by atoms with Crippen molar-refractivity contribution in [1.82, 2.24) is 0 Å². The molecule has 2 rings (SSSR count). The maximum Gasteiger partial charge on any atom is 0.147 e. The van der Waals surface area contributed by atoms with Crippen molar-refractivity contribution in [3.05, 3.63) is 58.1 Å². The maximum absolute atomic E-state index is 13.3. The topological polar surface area (TPSA) is 38.7 Å². The number of hydrogen-bond donors (Lipinski definition) is 1. The third kappa shape index (κ3) is 3.09. The lowest BCUT2D eigenvalue weighted by Gasteiger charge is -2.18. The van der Waals surface area contributed by atoms with Gasteiger partial charge in [-0.05, 0) is 29.8 Å². The van der Waals surface area contributed by atoms with E-state index in [2.05, 4.69) is 0 Å². The minimum absolute atomic E-state index is 0.0621. The average Bonchev–Trinajstić information content (AvgIpc) is 2.45. The quantitative estimate of drug-likeness (QED) is 0.935. The summed E-state index contributed by atoms with van der Waals surface area (Å²) >= 11 is 6.10. The summed E-state index contributed by atoms with van der Waals surface area (Å²) in [6.45, 7) is 0. The van der Waals surface area contributed by atoms with Crippen molar-refractivity contribution in [2.75, 3.05) is 14.2 Å². The fourth-order valence-electron chi connectivity index (χ4n) is 2.05. The van der Waals surface area contributed by atoms with Crippen LogP contribution in [0, 0.1) is 11.6 Å². The van der Waals surface area contributed by atoms with Gasteiger partial charge in [0.15, 0.2) is 0 Å². The number of aliphatic hydroxyl groups is 1. The molecule has 0 bridgehead atoms. The van der Waals surface area contributed by atoms with Crippen molar-refractivity contribution in [2.45, 2.75) is 6.10 Å². The molecule has 6 heteroatoms. The van der Waals surface area contributed by atoms with E-state index in [9.17, 15) is 13.9 Å². The van der Waals surface area contributed by atoms with Gasteiger partial charge in [-0.2, -0.15) is 0 Å². The van der Waals surface area contributed by atoms with Crippen molar-refractivity contribution in [1.29, 1.82) is 0 Å². The summed E-state index contributed by atoms with van der Waals surface area (Å²) in [5.74, 6) is -0.992. The van der Waals surface area contributed by atoms with E-state index >= 15 is 0 Å². The van der Waals surface area contributed by atoms with Crippen LogP contribution in [-0.4, -0.2) is 19.3 Å². The van der Waals surface area contributed by atoms with Gasteiger partial charge < -0.3 is 14.6 Å². The monoisotopic (exact) mass is 314 g/mol. The van der Waals surface area contributed by atoms with Crippen molar-refractivity contribution in [3.63, 3.8) is 0 Å². The third-order valence-corrected chi connectivity index (χ3v) is 3.37. The van der Waals surface area contributed by atoms with Gasteiger partial charge in [-0.1, -0.05) is 11.6 Å². The summed E-state index contributed by atoms with van der Waals surface area (Å²) in [6.07, 6.45) is -1.28. The Morgan fingerprint density at radius 2 is 1.67 bits per heavy atom. The smallest absolute Gasteiger partial charge is 0.147 e. The number of halogens is 3. The molecule has 1 atom stereocenters. The van der Waals surface area contributed by atoms with E-state index in [0.717, 1.165) is 18.2 Å². The van der Waals surface area contributed by atoms with E-state index in [1.807, 2.05) is 0 Å². The van der Waals surface area contributed by atoms with Crippen LogP contribution < -0.4 is 9.47 Å². The summed E-state index contributed by atoms with van der Waals surface area (Å²) in [7, 11) is 2.82. The van der Waals surface area contributed by atoms with Gasteiger partial charge in [0.05, 0.1) is 14.2 Å². The third-order valence-electron chi connectivity index (χ3n) is 3.01. The van der Waals surface area contributed by atoms with Crippen molar-refractivity contribution in [2.24, 2.45) is 0 Å². The van der Waals surface area contributed by atoms with E-state index in [0.29, 0.717) is 5.75 Å². The molecule has 0 aliphatic heterocycles. The van der Waals surface area contributed by atoms with E-state index in [1.165, 1.54) is 20.3 Å². The highest BCUT2D eigenvalue weighted by Gasteiger charge is 2.21. The molecular weight excluding hydrogens is 302 g/mol. The van der Waals surface area contributed by atoms with E-state index in [-0.39, 0.29) is 21.9 Å². The molecule has 0 heterocycles. The van der Waals surface area contributed by atoms with Crippen molar-refractivity contribution >= 4 is 11.6 Å². The van der Waals surface area contributed by atoms with Crippen LogP contribution in [0.5, 0.6) is 11.5 Å². The van der Waals surface area contributed by atoms with Gasteiger partial charge in [-0.15, -0.1) is 0 Å². The minimum atomic E-state index is -1.28. The number of aliphatic hydroxyl groups excluding tert-OH is 1. The van der Waals surface area contributed by atoms with Crippen LogP contribution in [0.2, 0.25) is 5.02 Å². The lowest BCUT2D eigenvalue weighted by Crippen LogP contribution is -2.04. The zero-order valence-electron chi connectivity index (χ0n) is 11.4. The summed E-state index contributed by atoms with van der Waals surface area (Å²) in [5.41, 5.74) is 0.348. The van der Waals surface area contributed by atoms with Gasteiger partial charge >= 0.3 is 0 Å². The van der Waals surface area contributed by atoms with E-state index in [1.54, 1.807) is 6.07 Å². The van der Waals surface area contributed by atoms with Gasteiger partial charge in [0.1, 0.15) is 34.3 Å². The van der Waals surface area contributed by atoms with Gasteiger partial charge in [0.2, 0.25) is 0 Å². The maximum atomic E-state index is 13.3. The molecule has 112 valence electrons. The normalized spacial score (nSPS) is 12.1. The summed E-state index contributed by atoms with van der Waals surface area (Å²) < 4.78 is 36.7. The highest BCUT2D eigenvalue weighted by atomic mass is 35.5. The van der Waals surface area contributed by atoms with Crippen LogP contribution in [0.15, 0.2) is 30.3 Å². The Kier molecular flexibility index (Phi) is 4.65. The van der Waals surface area contributed by atoms with Gasteiger partial charge in [0.25, 0.3) is 0 Å². The number of benzene rings is 2. The summed E-state index contributed by atoms with van der Waals surface area (Å²) in [6, 6.07) is 5.89. The Labute approximate surface area is 125 Å². The van der Waals surface area contributed by atoms with Crippen molar-refractivity contribution in [3.8, 4) is 11.5 Å². The highest BCUT2D eigenvalue weighted by molar-refractivity contribution is 6.33. The molecule has 0 saturated heterocycles. The fraction of sp³-hybridized carbons (Fsp3) is 0.200. The molecule has 0 aromatic heterocycles. The molecule has 0 amide bonds. The molecule has 0 spiro atoms. The lowest BCUT2D eigenvalue weighted by molar-refractivity contribution is 0.213. The molecule has 0 fully saturated rings. The van der Waals surface area contributed by atoms with Crippen LogP contribution >= 0.6 is 11.6 Å². The molecule has 3 nitrogen and oxygen atoms in total. The van der Waals surface area contributed by atoms with Gasteiger partial charge in [0, 0.05) is 11.6 Å². The van der Waals surface area contributed by atoms with Crippen LogP contribution in [0.25, 0.3) is 0 Å². The van der Waals surface area contributed by atoms with Crippen LogP contribution in [-0.2, 0) is 0 Å². The predicted octanol–water partition coefficient (Wildman–Crippen LogP) is 3.72. The largest absolute Gasteiger partial charge is 0.495 e. The Hall–Kier alpha value is -1.85. The first-order valence-electron chi connectivity index (χ1n) is 6.02. The molecule has 0 saturated carbocycles. The molecule has 0 aliphatic rings. The molecule has 2 aromatic carbocycles. The van der Waals surface area contributed by atoms with Gasteiger partial charge in [-0.3, -0.25) is 0 Å². The first kappa shape index (κ1) is 15.5. The SMILES string of the molecule is COc1ccc(C(O)c2cc(F)cc(F)c2)c(OC)c1Cl. The molecule has 1 unspecified atom stereocenters. The Balaban J connectivity index is 2.52. The number of ether oxygens (including phenoxy) is 2. The Bertz CT molecular complexity index is 641. The average molecular weight is 315 g/mol.